The predicted octanol–water partition coefficient (Wildman–Crippen LogP) is 5.41. The zero-order valence-electron chi connectivity index (χ0n) is 13.8. The number of aromatic nitrogens is 3. The average molecular weight is 374 g/mol. The number of hydrogen-bond donors (Lipinski definition) is 2. The summed E-state index contributed by atoms with van der Waals surface area (Å²) in [5.41, 5.74) is 2.39. The van der Waals surface area contributed by atoms with E-state index in [4.69, 9.17) is 23.2 Å². The number of hydrogen-bond acceptors (Lipinski definition) is 5. The van der Waals surface area contributed by atoms with Gasteiger partial charge in [-0.3, -0.25) is 4.98 Å². The Kier molecular flexibility index (Phi) is 5.36. The van der Waals surface area contributed by atoms with Crippen LogP contribution in [0.2, 0.25) is 10.0 Å². The van der Waals surface area contributed by atoms with Crippen LogP contribution in [0.4, 0.5) is 17.5 Å². The first-order valence-electron chi connectivity index (χ1n) is 7.79. The number of nitrogens with zero attached hydrogens (tertiary/aromatic N) is 3. The molecule has 3 aromatic rings. The summed E-state index contributed by atoms with van der Waals surface area (Å²) < 4.78 is 0. The molecule has 0 bridgehead atoms. The standard InChI is InChI=1S/C18H17Cl2N5/c1-11(2)22-18-24-16(12-4-3-7-21-10-12)9-17(25-18)23-15-6-5-13(19)8-14(15)20/h3-11H,1-2H3,(H2,22,23,24,25). The van der Waals surface area contributed by atoms with E-state index in [1.165, 1.54) is 0 Å². The van der Waals surface area contributed by atoms with E-state index in [9.17, 15) is 0 Å². The third-order valence-electron chi connectivity index (χ3n) is 3.30. The molecule has 3 rings (SSSR count). The van der Waals surface area contributed by atoms with Crippen LogP contribution >= 0.6 is 23.2 Å². The summed E-state index contributed by atoms with van der Waals surface area (Å²) >= 11 is 12.2. The minimum atomic E-state index is 0.205. The van der Waals surface area contributed by atoms with Crippen molar-refractivity contribution in [3.8, 4) is 11.3 Å². The van der Waals surface area contributed by atoms with Crippen LogP contribution in [0.15, 0.2) is 48.8 Å². The van der Waals surface area contributed by atoms with Gasteiger partial charge >= 0.3 is 0 Å². The van der Waals surface area contributed by atoms with Crippen LogP contribution in [0.3, 0.4) is 0 Å². The Balaban J connectivity index is 2.00. The largest absolute Gasteiger partial charge is 0.352 e. The van der Waals surface area contributed by atoms with Crippen molar-refractivity contribution >= 4 is 40.7 Å². The SMILES string of the molecule is CC(C)Nc1nc(Nc2ccc(Cl)cc2Cl)cc(-c2cccnc2)n1. The summed E-state index contributed by atoms with van der Waals surface area (Å²) in [6.07, 6.45) is 3.49. The molecule has 2 heterocycles. The molecule has 0 fully saturated rings. The first kappa shape index (κ1) is 17.5. The van der Waals surface area contributed by atoms with Crippen molar-refractivity contribution in [3.63, 3.8) is 0 Å². The molecule has 25 heavy (non-hydrogen) atoms. The molecular weight excluding hydrogens is 357 g/mol. The summed E-state index contributed by atoms with van der Waals surface area (Å²) in [6.45, 7) is 4.06. The van der Waals surface area contributed by atoms with Gasteiger partial charge < -0.3 is 10.6 Å². The zero-order chi connectivity index (χ0) is 17.8. The summed E-state index contributed by atoms with van der Waals surface area (Å²) in [4.78, 5) is 13.2. The molecule has 2 N–H and O–H groups in total. The highest BCUT2D eigenvalue weighted by Crippen LogP contribution is 2.29. The van der Waals surface area contributed by atoms with E-state index < -0.39 is 0 Å². The van der Waals surface area contributed by atoms with E-state index in [-0.39, 0.29) is 6.04 Å². The molecule has 7 heteroatoms. The second-order valence-electron chi connectivity index (χ2n) is 5.75. The van der Waals surface area contributed by atoms with Crippen LogP contribution in [0.5, 0.6) is 0 Å². The molecule has 0 spiro atoms. The maximum Gasteiger partial charge on any atom is 0.225 e. The molecule has 5 nitrogen and oxygen atoms in total. The van der Waals surface area contributed by atoms with Crippen LogP contribution in [-0.4, -0.2) is 21.0 Å². The summed E-state index contributed by atoms with van der Waals surface area (Å²) in [6, 6.07) is 11.1. The first-order chi connectivity index (χ1) is 12.0. The minimum Gasteiger partial charge on any atom is -0.352 e. The Labute approximate surface area is 156 Å². The van der Waals surface area contributed by atoms with Crippen molar-refractivity contribution < 1.29 is 0 Å². The Morgan fingerprint density at radius 2 is 1.88 bits per heavy atom. The second-order valence-corrected chi connectivity index (χ2v) is 6.60. The third-order valence-corrected chi connectivity index (χ3v) is 3.84. The highest BCUT2D eigenvalue weighted by Gasteiger charge is 2.10. The summed E-state index contributed by atoms with van der Waals surface area (Å²) in [7, 11) is 0. The number of anilines is 3. The molecule has 0 radical (unpaired) electrons. The highest BCUT2D eigenvalue weighted by atomic mass is 35.5. The van der Waals surface area contributed by atoms with Crippen molar-refractivity contribution in [3.05, 3.63) is 58.8 Å². The Morgan fingerprint density at radius 1 is 1.04 bits per heavy atom. The van der Waals surface area contributed by atoms with Gasteiger partial charge in [-0.05, 0) is 44.2 Å². The second kappa shape index (κ2) is 7.68. The quantitative estimate of drug-likeness (QED) is 0.625. The third kappa shape index (κ3) is 4.59. The van der Waals surface area contributed by atoms with Gasteiger partial charge in [-0.2, -0.15) is 4.98 Å². The highest BCUT2D eigenvalue weighted by molar-refractivity contribution is 6.36. The monoisotopic (exact) mass is 373 g/mol. The summed E-state index contributed by atoms with van der Waals surface area (Å²) in [5, 5.41) is 7.55. The molecular formula is C18H17Cl2N5. The van der Waals surface area contributed by atoms with Crippen LogP contribution in [0, 0.1) is 0 Å². The lowest BCUT2D eigenvalue weighted by Crippen LogP contribution is -2.13. The number of halogens is 2. The topological polar surface area (TPSA) is 62.7 Å². The van der Waals surface area contributed by atoms with E-state index >= 15 is 0 Å². The number of benzene rings is 1. The maximum absolute atomic E-state index is 6.24. The smallest absolute Gasteiger partial charge is 0.225 e. The van der Waals surface area contributed by atoms with Gasteiger partial charge in [0.1, 0.15) is 5.82 Å². The summed E-state index contributed by atoms with van der Waals surface area (Å²) in [5.74, 6) is 1.16. The van der Waals surface area contributed by atoms with Crippen molar-refractivity contribution in [2.75, 3.05) is 10.6 Å². The van der Waals surface area contributed by atoms with Crippen molar-refractivity contribution in [2.45, 2.75) is 19.9 Å². The van der Waals surface area contributed by atoms with Crippen LogP contribution in [0.25, 0.3) is 11.3 Å². The van der Waals surface area contributed by atoms with Crippen molar-refractivity contribution in [1.82, 2.24) is 15.0 Å². The van der Waals surface area contributed by atoms with Gasteiger partial charge in [0.05, 0.1) is 16.4 Å². The molecule has 0 aliphatic heterocycles. The van der Waals surface area contributed by atoms with E-state index in [0.29, 0.717) is 21.8 Å². The zero-order valence-corrected chi connectivity index (χ0v) is 15.3. The van der Waals surface area contributed by atoms with Crippen LogP contribution < -0.4 is 10.6 Å². The molecule has 0 aliphatic rings. The molecule has 0 aliphatic carbocycles. The molecule has 0 saturated carbocycles. The molecule has 0 saturated heterocycles. The lowest BCUT2D eigenvalue weighted by Gasteiger charge is -2.13. The lowest BCUT2D eigenvalue weighted by atomic mass is 10.2. The van der Waals surface area contributed by atoms with Gasteiger partial charge in [-0.1, -0.05) is 23.2 Å². The molecule has 0 atom stereocenters. The van der Waals surface area contributed by atoms with Gasteiger partial charge in [0.2, 0.25) is 5.95 Å². The fourth-order valence-corrected chi connectivity index (χ4v) is 2.68. The number of pyridine rings is 1. The van der Waals surface area contributed by atoms with Crippen molar-refractivity contribution in [2.24, 2.45) is 0 Å². The Hall–Kier alpha value is -2.37. The number of rotatable bonds is 5. The molecule has 1 aromatic carbocycles. The molecule has 128 valence electrons. The number of nitrogens with one attached hydrogen (secondary N) is 2. The van der Waals surface area contributed by atoms with Gasteiger partial charge in [0.15, 0.2) is 0 Å². The van der Waals surface area contributed by atoms with E-state index in [0.717, 1.165) is 16.9 Å². The fourth-order valence-electron chi connectivity index (χ4n) is 2.23. The normalized spacial score (nSPS) is 10.8. The van der Waals surface area contributed by atoms with Gasteiger partial charge in [0, 0.05) is 35.1 Å². The Bertz CT molecular complexity index is 869. The van der Waals surface area contributed by atoms with Crippen molar-refractivity contribution in [1.29, 1.82) is 0 Å². The van der Waals surface area contributed by atoms with Gasteiger partial charge in [-0.15, -0.1) is 0 Å². The Morgan fingerprint density at radius 3 is 2.56 bits per heavy atom. The average Bonchev–Trinajstić information content (AvgIpc) is 2.57. The fraction of sp³-hybridized carbons (Fsp3) is 0.167. The molecule has 0 amide bonds. The molecule has 0 unspecified atom stereocenters. The van der Waals surface area contributed by atoms with Gasteiger partial charge in [-0.25, -0.2) is 4.98 Å². The van der Waals surface area contributed by atoms with Crippen LogP contribution in [0.1, 0.15) is 13.8 Å². The predicted molar refractivity (Wildman–Crippen MR) is 104 cm³/mol. The lowest BCUT2D eigenvalue weighted by molar-refractivity contribution is 0.876. The van der Waals surface area contributed by atoms with E-state index in [1.54, 1.807) is 24.5 Å². The van der Waals surface area contributed by atoms with E-state index in [2.05, 4.69) is 25.6 Å². The van der Waals surface area contributed by atoms with E-state index in [1.807, 2.05) is 38.1 Å². The maximum atomic E-state index is 6.24. The molecule has 2 aromatic heterocycles. The van der Waals surface area contributed by atoms with Crippen LogP contribution in [-0.2, 0) is 0 Å². The first-order valence-corrected chi connectivity index (χ1v) is 8.55. The minimum absolute atomic E-state index is 0.205. The van der Waals surface area contributed by atoms with Gasteiger partial charge in [0.25, 0.3) is 0 Å².